The Balaban J connectivity index is 1.29. The van der Waals surface area contributed by atoms with Crippen molar-refractivity contribution in [2.45, 2.75) is 39.0 Å². The van der Waals surface area contributed by atoms with Gasteiger partial charge >= 0.3 is 0 Å². The number of pyridine rings is 1. The third kappa shape index (κ3) is 4.10. The summed E-state index contributed by atoms with van der Waals surface area (Å²) < 4.78 is 43.9. The standard InChI is InChI=1S/C25H27F3N4OS/c1-12(9-30-24(33)23-22(29)17-7-18(26)13(2)31-25(17)34-23)16-6-20(28)21(8-19(16)27)32-10-14-3-4-15(5-14)11-32/h6-8,12,14-15H,3-5,9-11,29H2,1-2H3,(H,30,33)/t12-,14?,15?/m1/s1. The molecule has 1 aliphatic heterocycles. The molecule has 2 unspecified atom stereocenters. The van der Waals surface area contributed by atoms with Crippen LogP contribution in [0.4, 0.5) is 24.5 Å². The molecule has 5 nitrogen and oxygen atoms in total. The molecule has 2 aromatic heterocycles. The maximum atomic E-state index is 15.0. The van der Waals surface area contributed by atoms with Gasteiger partial charge in [0.1, 0.15) is 27.2 Å². The summed E-state index contributed by atoms with van der Waals surface area (Å²) in [6, 6.07) is 3.82. The van der Waals surface area contributed by atoms with E-state index in [1.165, 1.54) is 24.6 Å². The number of nitrogens with one attached hydrogen (secondary N) is 1. The summed E-state index contributed by atoms with van der Waals surface area (Å²) in [6.45, 7) is 4.91. The molecule has 3 heterocycles. The lowest BCUT2D eigenvalue weighted by atomic mass is 9.96. The number of hydrogen-bond acceptors (Lipinski definition) is 5. The Hall–Kier alpha value is -2.81. The molecule has 2 bridgehead atoms. The highest BCUT2D eigenvalue weighted by atomic mass is 32.1. The first-order valence-electron chi connectivity index (χ1n) is 11.6. The average molecular weight is 489 g/mol. The van der Waals surface area contributed by atoms with Crippen molar-refractivity contribution in [3.05, 3.63) is 51.8 Å². The fraction of sp³-hybridized carbons (Fsp3) is 0.440. The number of hydrogen-bond donors (Lipinski definition) is 2. The molecular weight excluding hydrogens is 461 g/mol. The number of rotatable bonds is 5. The number of thiophene rings is 1. The molecule has 180 valence electrons. The van der Waals surface area contributed by atoms with E-state index in [2.05, 4.69) is 10.3 Å². The highest BCUT2D eigenvalue weighted by molar-refractivity contribution is 7.21. The van der Waals surface area contributed by atoms with E-state index in [-0.39, 0.29) is 28.4 Å². The van der Waals surface area contributed by atoms with E-state index in [0.29, 0.717) is 27.7 Å². The SMILES string of the molecule is Cc1nc2sc(C(=O)NC[C@@H](C)c3cc(F)c(N4CC5CCC(C5)C4)cc3F)c(N)c2cc1F. The number of anilines is 2. The highest BCUT2D eigenvalue weighted by Gasteiger charge is 2.34. The Bertz CT molecular complexity index is 1270. The third-order valence-corrected chi connectivity index (χ3v) is 8.28. The lowest BCUT2D eigenvalue weighted by Gasteiger charge is -2.34. The summed E-state index contributed by atoms with van der Waals surface area (Å²) in [5, 5.41) is 3.13. The van der Waals surface area contributed by atoms with Crippen molar-refractivity contribution in [1.82, 2.24) is 10.3 Å². The number of nitrogen functional groups attached to an aromatic ring is 1. The Morgan fingerprint density at radius 3 is 2.59 bits per heavy atom. The number of halogens is 3. The summed E-state index contributed by atoms with van der Waals surface area (Å²) >= 11 is 1.08. The quantitative estimate of drug-likeness (QED) is 0.506. The number of aryl methyl sites for hydroxylation is 1. The molecule has 1 saturated carbocycles. The molecule has 2 fully saturated rings. The van der Waals surface area contributed by atoms with E-state index in [1.54, 1.807) is 13.8 Å². The Morgan fingerprint density at radius 2 is 1.88 bits per heavy atom. The van der Waals surface area contributed by atoms with Crippen molar-refractivity contribution in [3.63, 3.8) is 0 Å². The molecule has 3 N–H and O–H groups in total. The molecule has 5 rings (SSSR count). The smallest absolute Gasteiger partial charge is 0.263 e. The summed E-state index contributed by atoms with van der Waals surface area (Å²) in [6.07, 6.45) is 3.51. The zero-order valence-corrected chi connectivity index (χ0v) is 19.9. The van der Waals surface area contributed by atoms with Crippen molar-refractivity contribution >= 4 is 38.8 Å². The molecule has 1 amide bonds. The van der Waals surface area contributed by atoms with Gasteiger partial charge in [0, 0.05) is 37.0 Å². The third-order valence-electron chi connectivity index (χ3n) is 7.17. The van der Waals surface area contributed by atoms with Gasteiger partial charge in [-0.2, -0.15) is 0 Å². The lowest BCUT2D eigenvalue weighted by molar-refractivity contribution is 0.0956. The molecule has 1 aliphatic carbocycles. The number of aromatic nitrogens is 1. The Kier molecular flexibility index (Phi) is 5.91. The minimum atomic E-state index is -0.490. The molecule has 0 spiro atoms. The van der Waals surface area contributed by atoms with Crippen LogP contribution in [0.25, 0.3) is 10.2 Å². The van der Waals surface area contributed by atoms with Crippen LogP contribution in [-0.2, 0) is 0 Å². The van der Waals surface area contributed by atoms with Gasteiger partial charge in [-0.1, -0.05) is 6.92 Å². The van der Waals surface area contributed by atoms with Gasteiger partial charge in [0.2, 0.25) is 0 Å². The first-order valence-corrected chi connectivity index (χ1v) is 12.4. The molecule has 1 saturated heterocycles. The van der Waals surface area contributed by atoms with Crippen LogP contribution in [0.2, 0.25) is 0 Å². The van der Waals surface area contributed by atoms with Gasteiger partial charge in [0.25, 0.3) is 5.91 Å². The van der Waals surface area contributed by atoms with Crippen LogP contribution in [0.1, 0.15) is 53.0 Å². The van der Waals surface area contributed by atoms with E-state index < -0.39 is 29.3 Å². The van der Waals surface area contributed by atoms with Crippen molar-refractivity contribution in [2.24, 2.45) is 11.8 Å². The number of fused-ring (bicyclic) bond motifs is 3. The van der Waals surface area contributed by atoms with Gasteiger partial charge in [-0.15, -0.1) is 11.3 Å². The number of piperidine rings is 1. The summed E-state index contributed by atoms with van der Waals surface area (Å²) in [4.78, 5) is 19.6. The van der Waals surface area contributed by atoms with E-state index in [1.807, 2.05) is 4.90 Å². The maximum Gasteiger partial charge on any atom is 0.263 e. The van der Waals surface area contributed by atoms with Crippen LogP contribution < -0.4 is 16.0 Å². The topological polar surface area (TPSA) is 71.2 Å². The monoisotopic (exact) mass is 488 g/mol. The predicted octanol–water partition coefficient (Wildman–Crippen LogP) is 5.37. The van der Waals surface area contributed by atoms with Gasteiger partial charge < -0.3 is 16.0 Å². The fourth-order valence-corrected chi connectivity index (χ4v) is 6.32. The predicted molar refractivity (Wildman–Crippen MR) is 129 cm³/mol. The fourth-order valence-electron chi connectivity index (χ4n) is 5.28. The van der Waals surface area contributed by atoms with Crippen molar-refractivity contribution < 1.29 is 18.0 Å². The lowest BCUT2D eigenvalue weighted by Crippen LogP contribution is -2.37. The molecule has 9 heteroatoms. The first kappa shape index (κ1) is 23.0. The van der Waals surface area contributed by atoms with E-state index in [9.17, 15) is 9.18 Å². The second-order valence-corrected chi connectivity index (χ2v) is 10.6. The van der Waals surface area contributed by atoms with Gasteiger partial charge in [-0.3, -0.25) is 4.79 Å². The second kappa shape index (κ2) is 8.76. The number of carbonyl (C=O) groups excluding carboxylic acids is 1. The zero-order chi connectivity index (χ0) is 24.1. The van der Waals surface area contributed by atoms with Crippen LogP contribution in [0.15, 0.2) is 18.2 Å². The molecule has 3 atom stereocenters. The Morgan fingerprint density at radius 1 is 1.18 bits per heavy atom. The van der Waals surface area contributed by atoms with Crippen molar-refractivity contribution in [2.75, 3.05) is 30.3 Å². The Labute approximate surface area is 200 Å². The van der Waals surface area contributed by atoms with Crippen LogP contribution >= 0.6 is 11.3 Å². The number of benzene rings is 1. The molecular formula is C25H27F3N4OS. The molecule has 2 aliphatic rings. The first-order chi connectivity index (χ1) is 16.2. The molecule has 0 radical (unpaired) electrons. The van der Waals surface area contributed by atoms with E-state index >= 15 is 8.78 Å². The summed E-state index contributed by atoms with van der Waals surface area (Å²) in [5.41, 5.74) is 6.98. The van der Waals surface area contributed by atoms with Crippen molar-refractivity contribution in [3.8, 4) is 0 Å². The largest absolute Gasteiger partial charge is 0.397 e. The number of nitrogens with two attached hydrogens (primary N) is 1. The van der Waals surface area contributed by atoms with Gasteiger partial charge in [-0.25, -0.2) is 18.2 Å². The van der Waals surface area contributed by atoms with Crippen LogP contribution in [0, 0.1) is 36.2 Å². The minimum Gasteiger partial charge on any atom is -0.397 e. The summed E-state index contributed by atoms with van der Waals surface area (Å²) in [5.74, 6) is -1.19. The average Bonchev–Trinajstić information content (AvgIpc) is 3.31. The number of amides is 1. The zero-order valence-electron chi connectivity index (χ0n) is 19.1. The second-order valence-electron chi connectivity index (χ2n) is 9.64. The molecule has 3 aromatic rings. The maximum absolute atomic E-state index is 15.0. The highest BCUT2D eigenvalue weighted by Crippen LogP contribution is 2.39. The number of nitrogens with zero attached hydrogens (tertiary/aromatic N) is 2. The van der Waals surface area contributed by atoms with Gasteiger partial charge in [-0.05, 0) is 55.7 Å². The van der Waals surface area contributed by atoms with E-state index in [0.717, 1.165) is 37.3 Å². The van der Waals surface area contributed by atoms with E-state index in [4.69, 9.17) is 5.73 Å². The molecule has 34 heavy (non-hydrogen) atoms. The minimum absolute atomic E-state index is 0.0942. The number of carbonyl (C=O) groups is 1. The van der Waals surface area contributed by atoms with Crippen molar-refractivity contribution in [1.29, 1.82) is 0 Å². The normalized spacial score (nSPS) is 20.7. The molecule has 1 aromatic carbocycles. The van der Waals surface area contributed by atoms with Gasteiger partial charge in [0.15, 0.2) is 0 Å². The summed E-state index contributed by atoms with van der Waals surface area (Å²) in [7, 11) is 0. The van der Waals surface area contributed by atoms with Crippen LogP contribution in [0.3, 0.4) is 0 Å². The van der Waals surface area contributed by atoms with Gasteiger partial charge in [0.05, 0.1) is 17.1 Å². The van der Waals surface area contributed by atoms with Crippen LogP contribution in [0.5, 0.6) is 0 Å². The van der Waals surface area contributed by atoms with Crippen LogP contribution in [-0.4, -0.2) is 30.5 Å².